The molecule has 1 N–H and O–H groups in total. The van der Waals surface area contributed by atoms with Crippen molar-refractivity contribution in [3.8, 4) is 0 Å². The first kappa shape index (κ1) is 26.6. The molecular formula is C30H38N2O6. The molecule has 8 nitrogen and oxygen atoms in total. The average molecular weight is 523 g/mol. The van der Waals surface area contributed by atoms with E-state index in [2.05, 4.69) is 0 Å². The van der Waals surface area contributed by atoms with Crippen molar-refractivity contribution in [3.63, 3.8) is 0 Å². The standard InChI is InChI=1S/C30H38N2O6/c1-4-29-13-8-9-16-37-28(36)24(29)23-26(34)32(22(19-33)17-20(2)3)25-27(35)31(15-10-14-30(23,25)38-29)18-21-11-6-5-7-12-21/h5-8,10-14,20,22-25,33H,4,9,15-19H2,1-3H3/t22-,23+,24+,25?,29-,30+/m1/s1. The summed E-state index contributed by atoms with van der Waals surface area (Å²) in [6, 6.07) is 8.14. The third kappa shape index (κ3) is 4.18. The lowest BCUT2D eigenvalue weighted by Crippen LogP contribution is -2.59. The largest absolute Gasteiger partial charge is 0.465 e. The fraction of sp³-hybridized carbons (Fsp3) is 0.567. The smallest absolute Gasteiger partial charge is 0.313 e. The Morgan fingerprint density at radius 1 is 1.05 bits per heavy atom. The van der Waals surface area contributed by atoms with Crippen LogP contribution in [0.4, 0.5) is 0 Å². The van der Waals surface area contributed by atoms with Crippen LogP contribution in [-0.4, -0.2) is 75.7 Å². The van der Waals surface area contributed by atoms with E-state index in [1.807, 2.05) is 75.4 Å². The Labute approximate surface area is 224 Å². The second-order valence-electron chi connectivity index (χ2n) is 11.3. The number of hydrogen-bond donors (Lipinski definition) is 1. The molecule has 0 aromatic heterocycles. The Kier molecular flexibility index (Phi) is 7.22. The van der Waals surface area contributed by atoms with Crippen molar-refractivity contribution >= 4 is 17.8 Å². The van der Waals surface area contributed by atoms with Gasteiger partial charge in [0.25, 0.3) is 0 Å². The second-order valence-corrected chi connectivity index (χ2v) is 11.3. The van der Waals surface area contributed by atoms with E-state index in [0.717, 1.165) is 5.56 Å². The molecule has 38 heavy (non-hydrogen) atoms. The lowest BCUT2D eigenvalue weighted by Gasteiger charge is -2.41. The van der Waals surface area contributed by atoms with Crippen LogP contribution < -0.4 is 0 Å². The van der Waals surface area contributed by atoms with E-state index in [-0.39, 0.29) is 30.9 Å². The number of likely N-dealkylation sites (tertiary alicyclic amines) is 1. The molecule has 8 heteroatoms. The van der Waals surface area contributed by atoms with Crippen molar-refractivity contribution in [1.29, 1.82) is 0 Å². The maximum Gasteiger partial charge on any atom is 0.313 e. The van der Waals surface area contributed by atoms with Gasteiger partial charge < -0.3 is 24.4 Å². The minimum atomic E-state index is -1.35. The number of ether oxygens (including phenoxy) is 2. The Hall–Kier alpha value is -2.97. The number of cyclic esters (lactones) is 1. The summed E-state index contributed by atoms with van der Waals surface area (Å²) < 4.78 is 12.5. The van der Waals surface area contributed by atoms with Crippen molar-refractivity contribution in [2.24, 2.45) is 17.8 Å². The number of amides is 2. The molecule has 1 aromatic carbocycles. The van der Waals surface area contributed by atoms with Gasteiger partial charge in [-0.05, 0) is 30.7 Å². The maximum absolute atomic E-state index is 14.4. The minimum absolute atomic E-state index is 0.179. The molecule has 2 amide bonds. The molecule has 6 atom stereocenters. The number of benzene rings is 1. The molecule has 0 radical (unpaired) electrons. The minimum Gasteiger partial charge on any atom is -0.465 e. The quantitative estimate of drug-likeness (QED) is 0.437. The van der Waals surface area contributed by atoms with Gasteiger partial charge in [-0.1, -0.05) is 75.4 Å². The van der Waals surface area contributed by atoms with Crippen molar-refractivity contribution in [2.75, 3.05) is 19.8 Å². The van der Waals surface area contributed by atoms with E-state index < -0.39 is 41.1 Å². The van der Waals surface area contributed by atoms with E-state index in [0.29, 0.717) is 32.4 Å². The maximum atomic E-state index is 14.4. The number of hydrogen-bond acceptors (Lipinski definition) is 6. The third-order valence-electron chi connectivity index (χ3n) is 8.49. The van der Waals surface area contributed by atoms with Crippen molar-refractivity contribution < 1.29 is 29.0 Å². The molecule has 204 valence electrons. The summed E-state index contributed by atoms with van der Waals surface area (Å²) in [5, 5.41) is 10.4. The Morgan fingerprint density at radius 3 is 2.50 bits per heavy atom. The van der Waals surface area contributed by atoms with Crippen LogP contribution in [0.1, 0.15) is 45.6 Å². The van der Waals surface area contributed by atoms with Crippen LogP contribution in [0.15, 0.2) is 54.6 Å². The molecule has 1 unspecified atom stereocenters. The number of fused-ring (bicyclic) bond motifs is 2. The van der Waals surface area contributed by atoms with Gasteiger partial charge in [-0.15, -0.1) is 0 Å². The molecule has 0 bridgehead atoms. The number of carbonyl (C=O) groups is 3. The van der Waals surface area contributed by atoms with Crippen LogP contribution in [0.25, 0.3) is 0 Å². The van der Waals surface area contributed by atoms with Gasteiger partial charge in [-0.3, -0.25) is 14.4 Å². The summed E-state index contributed by atoms with van der Waals surface area (Å²) in [4.78, 5) is 45.6. The summed E-state index contributed by atoms with van der Waals surface area (Å²) in [5.74, 6) is -2.68. The van der Waals surface area contributed by atoms with Crippen molar-refractivity contribution in [2.45, 2.75) is 69.9 Å². The van der Waals surface area contributed by atoms with Crippen LogP contribution in [0.5, 0.6) is 0 Å². The Bertz CT molecular complexity index is 1130. The zero-order valence-electron chi connectivity index (χ0n) is 22.4. The van der Waals surface area contributed by atoms with E-state index in [4.69, 9.17) is 9.47 Å². The molecule has 4 aliphatic heterocycles. The molecular weight excluding hydrogens is 484 g/mol. The van der Waals surface area contributed by atoms with Crippen molar-refractivity contribution in [1.82, 2.24) is 9.80 Å². The van der Waals surface area contributed by atoms with Crippen LogP contribution in [0.2, 0.25) is 0 Å². The SMILES string of the molecule is CC[C@@]12C=CCCOC(=O)[C@@H]1[C@H]1C(=O)N([C@@H](CO)CC(C)C)C3C(=O)N(Cc4ccccc4)CC=C[C@@]31O2. The Morgan fingerprint density at radius 2 is 1.82 bits per heavy atom. The van der Waals surface area contributed by atoms with Gasteiger partial charge >= 0.3 is 5.97 Å². The van der Waals surface area contributed by atoms with E-state index >= 15 is 0 Å². The summed E-state index contributed by atoms with van der Waals surface area (Å²) in [7, 11) is 0. The number of carbonyl (C=O) groups excluding carboxylic acids is 3. The van der Waals surface area contributed by atoms with Gasteiger partial charge in [0, 0.05) is 13.1 Å². The molecule has 4 aliphatic rings. The summed E-state index contributed by atoms with van der Waals surface area (Å²) in [5.41, 5.74) is -1.43. The molecule has 5 rings (SSSR count). The first-order chi connectivity index (χ1) is 18.3. The van der Waals surface area contributed by atoms with Crippen LogP contribution in [-0.2, 0) is 30.4 Å². The predicted octanol–water partition coefficient (Wildman–Crippen LogP) is 2.86. The molecule has 4 heterocycles. The molecule has 1 spiro atoms. The molecule has 2 saturated heterocycles. The van der Waals surface area contributed by atoms with E-state index in [9.17, 15) is 19.5 Å². The highest BCUT2D eigenvalue weighted by Gasteiger charge is 2.75. The van der Waals surface area contributed by atoms with Crippen molar-refractivity contribution in [3.05, 3.63) is 60.2 Å². The van der Waals surface area contributed by atoms with Crippen LogP contribution in [0.3, 0.4) is 0 Å². The first-order valence-corrected chi connectivity index (χ1v) is 13.8. The average Bonchev–Trinajstić information content (AvgIpc) is 3.25. The number of aliphatic hydroxyl groups is 1. The molecule has 0 aliphatic carbocycles. The van der Waals surface area contributed by atoms with E-state index in [1.54, 1.807) is 4.90 Å². The highest BCUT2D eigenvalue weighted by Crippen LogP contribution is 2.58. The first-order valence-electron chi connectivity index (χ1n) is 13.8. The number of esters is 1. The fourth-order valence-corrected chi connectivity index (χ4v) is 6.87. The Balaban J connectivity index is 1.65. The monoisotopic (exact) mass is 522 g/mol. The lowest BCUT2D eigenvalue weighted by atomic mass is 9.73. The normalized spacial score (nSPS) is 33.4. The van der Waals surface area contributed by atoms with Crippen LogP contribution in [0, 0.1) is 17.8 Å². The predicted molar refractivity (Wildman–Crippen MR) is 140 cm³/mol. The summed E-state index contributed by atoms with van der Waals surface area (Å²) >= 11 is 0. The highest BCUT2D eigenvalue weighted by molar-refractivity contribution is 5.99. The third-order valence-corrected chi connectivity index (χ3v) is 8.49. The highest BCUT2D eigenvalue weighted by atomic mass is 16.6. The van der Waals surface area contributed by atoms with Gasteiger partial charge in [0.05, 0.1) is 25.2 Å². The lowest BCUT2D eigenvalue weighted by molar-refractivity contribution is -0.164. The van der Waals surface area contributed by atoms with Crippen LogP contribution >= 0.6 is 0 Å². The number of rotatable bonds is 7. The van der Waals surface area contributed by atoms with Gasteiger partial charge in [0.15, 0.2) is 0 Å². The molecule has 0 saturated carbocycles. The molecule has 1 aromatic rings. The summed E-state index contributed by atoms with van der Waals surface area (Å²) in [6.07, 6.45) is 9.11. The second kappa shape index (κ2) is 10.3. The zero-order chi connectivity index (χ0) is 27.1. The summed E-state index contributed by atoms with van der Waals surface area (Å²) in [6.45, 7) is 6.65. The number of nitrogens with zero attached hydrogens (tertiary/aromatic N) is 2. The molecule has 2 fully saturated rings. The van der Waals surface area contributed by atoms with Gasteiger partial charge in [-0.25, -0.2) is 0 Å². The van der Waals surface area contributed by atoms with Gasteiger partial charge in [0.1, 0.15) is 23.2 Å². The van der Waals surface area contributed by atoms with E-state index in [1.165, 1.54) is 4.90 Å². The van der Waals surface area contributed by atoms with Gasteiger partial charge in [-0.2, -0.15) is 0 Å². The fourth-order valence-electron chi connectivity index (χ4n) is 6.87. The van der Waals surface area contributed by atoms with Gasteiger partial charge in [0.2, 0.25) is 11.8 Å². The number of aliphatic hydroxyl groups excluding tert-OH is 1. The topological polar surface area (TPSA) is 96.4 Å². The zero-order valence-corrected chi connectivity index (χ0v) is 22.4.